The predicted octanol–water partition coefficient (Wildman–Crippen LogP) is 4.03. The minimum Gasteiger partial charge on any atom is -0.508 e. The minimum atomic E-state index is -0.238. The molecule has 3 aromatic rings. The van der Waals surface area contributed by atoms with Gasteiger partial charge in [0.15, 0.2) is 0 Å². The highest BCUT2D eigenvalue weighted by atomic mass is 35.5. The first-order valence-electron chi connectivity index (χ1n) is 7.86. The molecule has 6 heteroatoms. The highest BCUT2D eigenvalue weighted by Crippen LogP contribution is 2.20. The Morgan fingerprint density at radius 1 is 1.24 bits per heavy atom. The third kappa shape index (κ3) is 3.67. The molecular formula is C19H18ClN3O2. The lowest BCUT2D eigenvalue weighted by atomic mass is 10.1. The summed E-state index contributed by atoms with van der Waals surface area (Å²) in [4.78, 5) is 12.6. The average molecular weight is 356 g/mol. The SMILES string of the molecule is Cc1c(C(=O)N[C@H](C)c2cccc(O)c2)cnn1-c1ccc(Cl)cc1. The van der Waals surface area contributed by atoms with Crippen LogP contribution in [0.3, 0.4) is 0 Å². The Labute approximate surface area is 150 Å². The maximum atomic E-state index is 12.6. The van der Waals surface area contributed by atoms with E-state index in [9.17, 15) is 9.90 Å². The Morgan fingerprint density at radius 2 is 1.96 bits per heavy atom. The van der Waals surface area contributed by atoms with Crippen LogP contribution in [0.4, 0.5) is 0 Å². The number of hydrogen-bond acceptors (Lipinski definition) is 3. The molecule has 0 bridgehead atoms. The van der Waals surface area contributed by atoms with Gasteiger partial charge in [-0.15, -0.1) is 0 Å². The van der Waals surface area contributed by atoms with Crippen LogP contribution in [0.25, 0.3) is 5.69 Å². The summed E-state index contributed by atoms with van der Waals surface area (Å²) in [6.07, 6.45) is 1.55. The fourth-order valence-corrected chi connectivity index (χ4v) is 2.75. The van der Waals surface area contributed by atoms with E-state index in [0.29, 0.717) is 10.6 Å². The van der Waals surface area contributed by atoms with Gasteiger partial charge in [-0.1, -0.05) is 23.7 Å². The van der Waals surface area contributed by atoms with Gasteiger partial charge < -0.3 is 10.4 Å². The van der Waals surface area contributed by atoms with E-state index in [4.69, 9.17) is 11.6 Å². The topological polar surface area (TPSA) is 67.2 Å². The number of amides is 1. The van der Waals surface area contributed by atoms with E-state index in [2.05, 4.69) is 10.4 Å². The predicted molar refractivity (Wildman–Crippen MR) is 97.3 cm³/mol. The Morgan fingerprint density at radius 3 is 2.64 bits per heavy atom. The number of aromatic nitrogens is 2. The summed E-state index contributed by atoms with van der Waals surface area (Å²) in [6, 6.07) is 13.8. The number of phenolic OH excluding ortho intramolecular Hbond substituents is 1. The summed E-state index contributed by atoms with van der Waals surface area (Å²) in [5.41, 5.74) is 2.91. The molecule has 2 N–H and O–H groups in total. The molecule has 0 fully saturated rings. The van der Waals surface area contributed by atoms with E-state index in [1.54, 1.807) is 41.2 Å². The Bertz CT molecular complexity index is 903. The van der Waals surface area contributed by atoms with Crippen molar-refractivity contribution < 1.29 is 9.90 Å². The Hall–Kier alpha value is -2.79. The van der Waals surface area contributed by atoms with Crippen molar-refractivity contribution in [2.75, 3.05) is 0 Å². The van der Waals surface area contributed by atoms with Gasteiger partial charge in [0.2, 0.25) is 0 Å². The molecule has 5 nitrogen and oxygen atoms in total. The van der Waals surface area contributed by atoms with Gasteiger partial charge in [0.25, 0.3) is 5.91 Å². The van der Waals surface area contributed by atoms with Gasteiger partial charge in [-0.3, -0.25) is 4.79 Å². The first-order chi connectivity index (χ1) is 12.0. The van der Waals surface area contributed by atoms with Crippen molar-refractivity contribution in [1.82, 2.24) is 15.1 Å². The lowest BCUT2D eigenvalue weighted by molar-refractivity contribution is 0.0939. The molecule has 128 valence electrons. The van der Waals surface area contributed by atoms with Crippen LogP contribution in [-0.2, 0) is 0 Å². The number of phenols is 1. The molecule has 0 spiro atoms. The standard InChI is InChI=1S/C19H18ClN3O2/c1-12(14-4-3-5-17(24)10-14)22-19(25)18-11-21-23(13(18)2)16-8-6-15(20)7-9-16/h3-12,24H,1-2H3,(H,22,25)/t12-/m1/s1. The van der Waals surface area contributed by atoms with Crippen molar-refractivity contribution in [3.05, 3.63) is 76.6 Å². The maximum Gasteiger partial charge on any atom is 0.255 e. The number of carbonyl (C=O) groups is 1. The van der Waals surface area contributed by atoms with Crippen LogP contribution in [0.5, 0.6) is 5.75 Å². The number of nitrogens with zero attached hydrogens (tertiary/aromatic N) is 2. The number of aromatic hydroxyl groups is 1. The third-order valence-electron chi connectivity index (χ3n) is 4.04. The molecule has 0 unspecified atom stereocenters. The number of rotatable bonds is 4. The minimum absolute atomic E-state index is 0.172. The van der Waals surface area contributed by atoms with E-state index >= 15 is 0 Å². The molecule has 0 radical (unpaired) electrons. The van der Waals surface area contributed by atoms with Crippen molar-refractivity contribution in [2.45, 2.75) is 19.9 Å². The van der Waals surface area contributed by atoms with Crippen molar-refractivity contribution >= 4 is 17.5 Å². The van der Waals surface area contributed by atoms with E-state index < -0.39 is 0 Å². The first-order valence-corrected chi connectivity index (χ1v) is 8.24. The van der Waals surface area contributed by atoms with Gasteiger partial charge in [0.05, 0.1) is 29.2 Å². The molecule has 0 saturated heterocycles. The van der Waals surface area contributed by atoms with Gasteiger partial charge in [0, 0.05) is 5.02 Å². The molecule has 0 aliphatic heterocycles. The highest BCUT2D eigenvalue weighted by Gasteiger charge is 2.17. The van der Waals surface area contributed by atoms with Crippen LogP contribution >= 0.6 is 11.6 Å². The lowest BCUT2D eigenvalue weighted by Gasteiger charge is -2.14. The zero-order chi connectivity index (χ0) is 18.0. The summed E-state index contributed by atoms with van der Waals surface area (Å²) in [5.74, 6) is -0.0427. The largest absolute Gasteiger partial charge is 0.508 e. The van der Waals surface area contributed by atoms with Crippen molar-refractivity contribution in [2.24, 2.45) is 0 Å². The zero-order valence-electron chi connectivity index (χ0n) is 13.9. The number of carbonyl (C=O) groups excluding carboxylic acids is 1. The summed E-state index contributed by atoms with van der Waals surface area (Å²) in [7, 11) is 0. The number of nitrogens with one attached hydrogen (secondary N) is 1. The molecule has 25 heavy (non-hydrogen) atoms. The van der Waals surface area contributed by atoms with Crippen LogP contribution in [0, 0.1) is 6.92 Å². The molecule has 0 aliphatic rings. The van der Waals surface area contributed by atoms with Crippen LogP contribution in [-0.4, -0.2) is 20.8 Å². The summed E-state index contributed by atoms with van der Waals surface area (Å²) < 4.78 is 1.70. The Kier molecular flexibility index (Phi) is 4.76. The van der Waals surface area contributed by atoms with E-state index in [1.807, 2.05) is 32.0 Å². The van der Waals surface area contributed by atoms with Crippen LogP contribution < -0.4 is 5.32 Å². The van der Waals surface area contributed by atoms with Crippen LogP contribution in [0.2, 0.25) is 5.02 Å². The summed E-state index contributed by atoms with van der Waals surface area (Å²) in [5, 5.41) is 17.4. The fourth-order valence-electron chi connectivity index (χ4n) is 2.63. The van der Waals surface area contributed by atoms with Crippen molar-refractivity contribution in [3.63, 3.8) is 0 Å². The van der Waals surface area contributed by atoms with Gasteiger partial charge in [-0.25, -0.2) is 4.68 Å². The third-order valence-corrected chi connectivity index (χ3v) is 4.30. The quantitative estimate of drug-likeness (QED) is 0.742. The fraction of sp³-hybridized carbons (Fsp3) is 0.158. The van der Waals surface area contributed by atoms with E-state index in [-0.39, 0.29) is 17.7 Å². The van der Waals surface area contributed by atoms with Gasteiger partial charge in [-0.05, 0) is 55.8 Å². The van der Waals surface area contributed by atoms with Crippen molar-refractivity contribution in [3.8, 4) is 11.4 Å². The molecule has 1 atom stereocenters. The summed E-state index contributed by atoms with van der Waals surface area (Å²) >= 11 is 5.91. The average Bonchev–Trinajstić information content (AvgIpc) is 2.97. The highest BCUT2D eigenvalue weighted by molar-refractivity contribution is 6.30. The molecule has 1 amide bonds. The number of hydrogen-bond donors (Lipinski definition) is 2. The van der Waals surface area contributed by atoms with E-state index in [0.717, 1.165) is 16.9 Å². The number of benzene rings is 2. The zero-order valence-corrected chi connectivity index (χ0v) is 14.7. The van der Waals surface area contributed by atoms with Crippen LogP contribution in [0.1, 0.15) is 34.6 Å². The van der Waals surface area contributed by atoms with E-state index in [1.165, 1.54) is 0 Å². The first kappa shape index (κ1) is 17.0. The van der Waals surface area contributed by atoms with Crippen molar-refractivity contribution in [1.29, 1.82) is 0 Å². The van der Waals surface area contributed by atoms with Gasteiger partial charge >= 0.3 is 0 Å². The molecule has 1 aromatic heterocycles. The molecule has 2 aromatic carbocycles. The smallest absolute Gasteiger partial charge is 0.255 e. The summed E-state index contributed by atoms with van der Waals surface area (Å²) in [6.45, 7) is 3.71. The van der Waals surface area contributed by atoms with Crippen LogP contribution in [0.15, 0.2) is 54.7 Å². The lowest BCUT2D eigenvalue weighted by Crippen LogP contribution is -2.27. The maximum absolute atomic E-state index is 12.6. The molecule has 1 heterocycles. The molecular weight excluding hydrogens is 338 g/mol. The Balaban J connectivity index is 1.80. The second-order valence-corrected chi connectivity index (χ2v) is 6.26. The number of halogens is 1. The molecule has 0 aliphatic carbocycles. The molecule has 0 saturated carbocycles. The second-order valence-electron chi connectivity index (χ2n) is 5.82. The molecule has 3 rings (SSSR count). The van der Waals surface area contributed by atoms with Gasteiger partial charge in [-0.2, -0.15) is 5.10 Å². The van der Waals surface area contributed by atoms with Gasteiger partial charge in [0.1, 0.15) is 5.75 Å². The second kappa shape index (κ2) is 6.99. The monoisotopic (exact) mass is 355 g/mol. The normalized spacial score (nSPS) is 12.0.